The Bertz CT molecular complexity index is 421. The fraction of sp³-hybridized carbons (Fsp3) is 0.455. The van der Waals surface area contributed by atoms with Crippen LogP contribution in [-0.4, -0.2) is 23.2 Å². The molecule has 2 N–H and O–H groups in total. The number of hydrogen-bond acceptors (Lipinski definition) is 4. The van der Waals surface area contributed by atoms with E-state index in [1.54, 1.807) is 13.8 Å². The molecule has 17 heavy (non-hydrogen) atoms. The molecule has 1 aromatic carbocycles. The number of aliphatic hydroxyl groups excluding tert-OH is 1. The van der Waals surface area contributed by atoms with E-state index in [1.807, 2.05) is 0 Å². The van der Waals surface area contributed by atoms with Crippen molar-refractivity contribution < 1.29 is 14.4 Å². The van der Waals surface area contributed by atoms with Gasteiger partial charge >= 0.3 is 0 Å². The first-order valence-electron chi connectivity index (χ1n) is 5.14. The number of nitrogens with zero attached hydrogens (tertiary/aromatic N) is 1. The third-order valence-corrected chi connectivity index (χ3v) is 2.34. The first-order chi connectivity index (χ1) is 7.85. The van der Waals surface area contributed by atoms with E-state index in [0.29, 0.717) is 6.54 Å². The van der Waals surface area contributed by atoms with Crippen LogP contribution >= 0.6 is 0 Å². The normalized spacial score (nSPS) is 11.3. The van der Waals surface area contributed by atoms with E-state index in [2.05, 4.69) is 5.32 Å². The topological polar surface area (TPSA) is 75.4 Å². The molecule has 0 saturated carbocycles. The Morgan fingerprint density at radius 1 is 1.53 bits per heavy atom. The van der Waals surface area contributed by atoms with Crippen LogP contribution in [0.5, 0.6) is 0 Å². The van der Waals surface area contributed by atoms with Gasteiger partial charge in [-0.05, 0) is 6.07 Å². The average molecular weight is 242 g/mol. The summed E-state index contributed by atoms with van der Waals surface area (Å²) in [6, 6.07) is 3.23. The zero-order chi connectivity index (χ0) is 13.1. The van der Waals surface area contributed by atoms with Crippen LogP contribution in [0.2, 0.25) is 0 Å². The summed E-state index contributed by atoms with van der Waals surface area (Å²) in [4.78, 5) is 10.1. The molecule has 0 aliphatic carbocycles. The fourth-order valence-electron chi connectivity index (χ4n) is 1.20. The summed E-state index contributed by atoms with van der Waals surface area (Å²) in [5.41, 5.74) is -0.489. The summed E-state index contributed by atoms with van der Waals surface area (Å²) in [5.74, 6) is -0.542. The molecule has 0 amide bonds. The molecule has 0 spiro atoms. The van der Waals surface area contributed by atoms with Gasteiger partial charge in [0.1, 0.15) is 11.5 Å². The van der Waals surface area contributed by atoms with Gasteiger partial charge in [0.05, 0.1) is 4.92 Å². The molecule has 0 unspecified atom stereocenters. The Balaban J connectivity index is 2.89. The van der Waals surface area contributed by atoms with Crippen molar-refractivity contribution in [2.75, 3.05) is 18.5 Å². The molecule has 5 nitrogen and oxygen atoms in total. The molecule has 0 saturated heterocycles. The van der Waals surface area contributed by atoms with E-state index < -0.39 is 16.2 Å². The maximum atomic E-state index is 13.0. The largest absolute Gasteiger partial charge is 0.396 e. The van der Waals surface area contributed by atoms with E-state index in [9.17, 15) is 14.5 Å². The van der Waals surface area contributed by atoms with Crippen molar-refractivity contribution in [1.82, 2.24) is 0 Å². The Hall–Kier alpha value is -1.69. The smallest absolute Gasteiger partial charge is 0.292 e. The number of benzene rings is 1. The van der Waals surface area contributed by atoms with E-state index in [4.69, 9.17) is 5.11 Å². The van der Waals surface area contributed by atoms with E-state index in [-0.39, 0.29) is 18.0 Å². The second-order valence-corrected chi connectivity index (χ2v) is 4.59. The van der Waals surface area contributed by atoms with Crippen molar-refractivity contribution >= 4 is 11.4 Å². The quantitative estimate of drug-likeness (QED) is 0.613. The number of nitro groups is 1. The number of nitrogens with one attached hydrogen (secondary N) is 1. The molecule has 0 bridgehead atoms. The van der Waals surface area contributed by atoms with Gasteiger partial charge in [-0.2, -0.15) is 0 Å². The fourth-order valence-corrected chi connectivity index (χ4v) is 1.20. The second-order valence-electron chi connectivity index (χ2n) is 4.59. The molecule has 0 aliphatic heterocycles. The lowest BCUT2D eigenvalue weighted by atomic mass is 9.95. The van der Waals surface area contributed by atoms with Crippen LogP contribution in [0.25, 0.3) is 0 Å². The van der Waals surface area contributed by atoms with Gasteiger partial charge in [0.15, 0.2) is 0 Å². The molecule has 94 valence electrons. The highest BCUT2D eigenvalue weighted by Gasteiger charge is 2.19. The zero-order valence-electron chi connectivity index (χ0n) is 9.74. The van der Waals surface area contributed by atoms with Gasteiger partial charge in [0, 0.05) is 30.7 Å². The molecule has 0 fully saturated rings. The third-order valence-electron chi connectivity index (χ3n) is 2.34. The van der Waals surface area contributed by atoms with Gasteiger partial charge in [-0.25, -0.2) is 4.39 Å². The number of anilines is 1. The zero-order valence-corrected chi connectivity index (χ0v) is 9.74. The Labute approximate surface area is 98.4 Å². The maximum Gasteiger partial charge on any atom is 0.292 e. The van der Waals surface area contributed by atoms with Crippen LogP contribution in [0, 0.1) is 21.3 Å². The van der Waals surface area contributed by atoms with Crippen LogP contribution in [-0.2, 0) is 0 Å². The minimum Gasteiger partial charge on any atom is -0.396 e. The van der Waals surface area contributed by atoms with Crippen molar-refractivity contribution in [2.45, 2.75) is 13.8 Å². The number of aliphatic hydroxyl groups is 1. The van der Waals surface area contributed by atoms with Crippen molar-refractivity contribution in [3.63, 3.8) is 0 Å². The Morgan fingerprint density at radius 3 is 2.71 bits per heavy atom. The van der Waals surface area contributed by atoms with Crippen LogP contribution in [0.3, 0.4) is 0 Å². The summed E-state index contributed by atoms with van der Waals surface area (Å²) in [5, 5.41) is 22.6. The first kappa shape index (κ1) is 13.4. The highest BCUT2D eigenvalue weighted by Crippen LogP contribution is 2.26. The van der Waals surface area contributed by atoms with Crippen LogP contribution < -0.4 is 5.32 Å². The van der Waals surface area contributed by atoms with Crippen LogP contribution in [0.15, 0.2) is 18.2 Å². The first-order valence-corrected chi connectivity index (χ1v) is 5.14. The number of rotatable bonds is 5. The van der Waals surface area contributed by atoms with Crippen LogP contribution in [0.1, 0.15) is 13.8 Å². The van der Waals surface area contributed by atoms with E-state index in [1.165, 1.54) is 0 Å². The minimum atomic E-state index is -0.576. The predicted molar refractivity (Wildman–Crippen MR) is 62.4 cm³/mol. The van der Waals surface area contributed by atoms with Gasteiger partial charge in [-0.15, -0.1) is 0 Å². The molecule has 0 aliphatic rings. The molecular weight excluding hydrogens is 227 g/mol. The molecule has 0 aromatic heterocycles. The van der Waals surface area contributed by atoms with Gasteiger partial charge < -0.3 is 10.4 Å². The summed E-state index contributed by atoms with van der Waals surface area (Å²) >= 11 is 0. The summed E-state index contributed by atoms with van der Waals surface area (Å²) in [6.45, 7) is 3.84. The standard InChI is InChI=1S/C11H15FN2O3/c1-11(2,7-15)6-13-9-5-8(12)3-4-10(9)14(16)17/h3-5,13,15H,6-7H2,1-2H3. The maximum absolute atomic E-state index is 13.0. The summed E-state index contributed by atoms with van der Waals surface area (Å²) < 4.78 is 13.0. The third kappa shape index (κ3) is 3.67. The molecule has 1 rings (SSSR count). The minimum absolute atomic E-state index is 0.0664. The highest BCUT2D eigenvalue weighted by molar-refractivity contribution is 5.61. The second kappa shape index (κ2) is 5.09. The SMILES string of the molecule is CC(C)(CO)CNc1cc(F)ccc1[N+](=O)[O-]. The molecular formula is C11H15FN2O3. The van der Waals surface area contributed by atoms with Crippen molar-refractivity contribution in [3.8, 4) is 0 Å². The summed E-state index contributed by atoms with van der Waals surface area (Å²) in [6.07, 6.45) is 0. The number of hydrogen-bond donors (Lipinski definition) is 2. The van der Waals surface area contributed by atoms with Crippen molar-refractivity contribution in [3.05, 3.63) is 34.1 Å². The molecule has 0 heterocycles. The van der Waals surface area contributed by atoms with E-state index in [0.717, 1.165) is 18.2 Å². The number of halogens is 1. The lowest BCUT2D eigenvalue weighted by Gasteiger charge is -2.22. The average Bonchev–Trinajstić information content (AvgIpc) is 2.26. The van der Waals surface area contributed by atoms with Gasteiger partial charge in [0.2, 0.25) is 0 Å². The predicted octanol–water partition coefficient (Wildman–Crippen LogP) is 2.16. The highest BCUT2D eigenvalue weighted by atomic mass is 19.1. The molecule has 1 aromatic rings. The monoisotopic (exact) mass is 242 g/mol. The van der Waals surface area contributed by atoms with Crippen LogP contribution in [0.4, 0.5) is 15.8 Å². The molecule has 6 heteroatoms. The lowest BCUT2D eigenvalue weighted by Crippen LogP contribution is -2.27. The van der Waals surface area contributed by atoms with Crippen molar-refractivity contribution in [2.24, 2.45) is 5.41 Å². The van der Waals surface area contributed by atoms with Crippen molar-refractivity contribution in [1.29, 1.82) is 0 Å². The molecule has 0 atom stereocenters. The van der Waals surface area contributed by atoms with Gasteiger partial charge in [-0.3, -0.25) is 10.1 Å². The summed E-state index contributed by atoms with van der Waals surface area (Å²) in [7, 11) is 0. The Morgan fingerprint density at radius 2 is 2.18 bits per heavy atom. The molecule has 0 radical (unpaired) electrons. The van der Waals surface area contributed by atoms with Gasteiger partial charge in [0.25, 0.3) is 5.69 Å². The Kier molecular flexibility index (Phi) is 4.01. The number of nitro benzene ring substituents is 1. The van der Waals surface area contributed by atoms with E-state index >= 15 is 0 Å². The van der Waals surface area contributed by atoms with Gasteiger partial charge in [-0.1, -0.05) is 13.8 Å². The lowest BCUT2D eigenvalue weighted by molar-refractivity contribution is -0.384.